The molecule has 0 atom stereocenters. The van der Waals surface area contributed by atoms with Crippen molar-refractivity contribution in [3.05, 3.63) is 70.3 Å². The van der Waals surface area contributed by atoms with E-state index in [1.807, 2.05) is 18.2 Å². The maximum atomic E-state index is 3.50. The number of hydrazine groups is 1. The molecular weight excluding hydrogens is 314 g/mol. The summed E-state index contributed by atoms with van der Waals surface area (Å²) in [6.45, 7) is 2.85. The topological polar surface area (TPSA) is 27.3 Å². The van der Waals surface area contributed by atoms with Crippen LogP contribution in [-0.2, 0) is 0 Å². The standard InChI is InChI=1S/C16H16BrN3/c1-12-16(13-6-3-2-4-7-13)20(11-18-12)19-15-9-5-8-14(17)10-15/h2-10,18-19H,11H2,1H3. The van der Waals surface area contributed by atoms with E-state index in [4.69, 9.17) is 0 Å². The van der Waals surface area contributed by atoms with E-state index in [9.17, 15) is 0 Å². The van der Waals surface area contributed by atoms with Crippen LogP contribution >= 0.6 is 15.9 Å². The highest BCUT2D eigenvalue weighted by molar-refractivity contribution is 9.10. The molecule has 102 valence electrons. The van der Waals surface area contributed by atoms with Crippen LogP contribution in [0.3, 0.4) is 0 Å². The predicted molar refractivity (Wildman–Crippen MR) is 86.6 cm³/mol. The van der Waals surface area contributed by atoms with E-state index in [-0.39, 0.29) is 0 Å². The van der Waals surface area contributed by atoms with Gasteiger partial charge in [0.2, 0.25) is 0 Å². The van der Waals surface area contributed by atoms with Crippen molar-refractivity contribution < 1.29 is 0 Å². The average Bonchev–Trinajstić information content (AvgIpc) is 2.81. The molecule has 20 heavy (non-hydrogen) atoms. The molecule has 0 amide bonds. The van der Waals surface area contributed by atoms with Crippen molar-refractivity contribution in [3.8, 4) is 0 Å². The zero-order valence-electron chi connectivity index (χ0n) is 11.2. The van der Waals surface area contributed by atoms with Crippen LogP contribution in [0.2, 0.25) is 0 Å². The lowest BCUT2D eigenvalue weighted by Gasteiger charge is -2.23. The smallest absolute Gasteiger partial charge is 0.108 e. The molecule has 0 aromatic heterocycles. The Kier molecular flexibility index (Phi) is 3.65. The average molecular weight is 330 g/mol. The maximum Gasteiger partial charge on any atom is 0.108 e. The SMILES string of the molecule is CC1=C(c2ccccc2)N(Nc2cccc(Br)c2)CN1. The number of nitrogens with one attached hydrogen (secondary N) is 2. The van der Waals surface area contributed by atoms with Gasteiger partial charge in [-0.05, 0) is 25.1 Å². The van der Waals surface area contributed by atoms with Crippen LogP contribution in [0.4, 0.5) is 5.69 Å². The molecule has 0 spiro atoms. The Bertz CT molecular complexity index is 637. The van der Waals surface area contributed by atoms with Gasteiger partial charge < -0.3 is 5.32 Å². The second-order valence-electron chi connectivity index (χ2n) is 4.72. The molecule has 2 N–H and O–H groups in total. The van der Waals surface area contributed by atoms with Crippen LogP contribution in [0, 0.1) is 0 Å². The molecule has 0 unspecified atom stereocenters. The molecule has 1 aliphatic rings. The fourth-order valence-electron chi connectivity index (χ4n) is 2.34. The lowest BCUT2D eigenvalue weighted by atomic mass is 10.1. The van der Waals surface area contributed by atoms with E-state index in [0.717, 1.165) is 16.8 Å². The molecule has 0 fully saturated rings. The number of hydrogen-bond donors (Lipinski definition) is 2. The normalized spacial score (nSPS) is 14.4. The number of anilines is 1. The van der Waals surface area contributed by atoms with E-state index in [0.29, 0.717) is 0 Å². The van der Waals surface area contributed by atoms with Crippen LogP contribution in [0.15, 0.2) is 64.8 Å². The molecule has 0 radical (unpaired) electrons. The first-order valence-corrected chi connectivity index (χ1v) is 7.33. The summed E-state index contributed by atoms with van der Waals surface area (Å²) in [5.41, 5.74) is 8.07. The van der Waals surface area contributed by atoms with Crippen molar-refractivity contribution in [1.29, 1.82) is 0 Å². The van der Waals surface area contributed by atoms with E-state index in [2.05, 4.69) is 75.0 Å². The van der Waals surface area contributed by atoms with Gasteiger partial charge in [-0.3, -0.25) is 10.4 Å². The highest BCUT2D eigenvalue weighted by Gasteiger charge is 2.20. The Morgan fingerprint density at radius 2 is 1.90 bits per heavy atom. The monoisotopic (exact) mass is 329 g/mol. The maximum absolute atomic E-state index is 3.50. The van der Waals surface area contributed by atoms with Crippen LogP contribution in [0.25, 0.3) is 5.70 Å². The van der Waals surface area contributed by atoms with E-state index < -0.39 is 0 Å². The summed E-state index contributed by atoms with van der Waals surface area (Å²) in [6, 6.07) is 18.6. The molecule has 4 heteroatoms. The molecular formula is C16H16BrN3. The molecule has 3 rings (SSSR count). The molecule has 0 saturated heterocycles. The van der Waals surface area contributed by atoms with Crippen LogP contribution < -0.4 is 10.7 Å². The quantitative estimate of drug-likeness (QED) is 0.890. The van der Waals surface area contributed by atoms with Gasteiger partial charge in [-0.25, -0.2) is 0 Å². The third kappa shape index (κ3) is 2.65. The van der Waals surface area contributed by atoms with Gasteiger partial charge in [0.15, 0.2) is 0 Å². The molecule has 0 saturated carbocycles. The molecule has 2 aromatic rings. The van der Waals surface area contributed by atoms with Gasteiger partial charge in [0.1, 0.15) is 6.67 Å². The largest absolute Gasteiger partial charge is 0.368 e. The highest BCUT2D eigenvalue weighted by atomic mass is 79.9. The number of rotatable bonds is 3. The van der Waals surface area contributed by atoms with Crippen LogP contribution in [0.5, 0.6) is 0 Å². The number of nitrogens with zero attached hydrogens (tertiary/aromatic N) is 1. The third-order valence-corrected chi connectivity index (χ3v) is 3.76. The summed E-state index contributed by atoms with van der Waals surface area (Å²) in [5, 5.41) is 5.52. The summed E-state index contributed by atoms with van der Waals surface area (Å²) in [5.74, 6) is 0. The fourth-order valence-corrected chi connectivity index (χ4v) is 2.74. The molecule has 0 aliphatic carbocycles. The summed E-state index contributed by atoms with van der Waals surface area (Å²) in [7, 11) is 0. The Hall–Kier alpha value is -1.94. The minimum Gasteiger partial charge on any atom is -0.368 e. The molecule has 1 aliphatic heterocycles. The first-order valence-electron chi connectivity index (χ1n) is 6.54. The summed E-state index contributed by atoms with van der Waals surface area (Å²) >= 11 is 3.50. The Labute approximate surface area is 127 Å². The zero-order valence-corrected chi connectivity index (χ0v) is 12.8. The van der Waals surface area contributed by atoms with E-state index >= 15 is 0 Å². The second kappa shape index (κ2) is 5.59. The van der Waals surface area contributed by atoms with Crippen molar-refractivity contribution in [1.82, 2.24) is 10.3 Å². The van der Waals surface area contributed by atoms with Gasteiger partial charge in [0, 0.05) is 15.7 Å². The van der Waals surface area contributed by atoms with Gasteiger partial charge in [0.05, 0.1) is 11.4 Å². The number of halogens is 1. The first-order chi connectivity index (χ1) is 9.74. The predicted octanol–water partition coefficient (Wildman–Crippen LogP) is 4.03. The summed E-state index contributed by atoms with van der Waals surface area (Å²) in [4.78, 5) is 0. The second-order valence-corrected chi connectivity index (χ2v) is 5.64. The lowest BCUT2D eigenvalue weighted by Crippen LogP contribution is -2.29. The lowest BCUT2D eigenvalue weighted by molar-refractivity contribution is 0.483. The van der Waals surface area contributed by atoms with Gasteiger partial charge >= 0.3 is 0 Å². The van der Waals surface area contributed by atoms with Crippen molar-refractivity contribution in [2.75, 3.05) is 12.1 Å². The Morgan fingerprint density at radius 1 is 1.10 bits per heavy atom. The number of allylic oxidation sites excluding steroid dienone is 1. The van der Waals surface area contributed by atoms with Gasteiger partial charge in [-0.15, -0.1) is 0 Å². The molecule has 3 nitrogen and oxygen atoms in total. The van der Waals surface area contributed by atoms with Crippen molar-refractivity contribution in [2.45, 2.75) is 6.92 Å². The zero-order chi connectivity index (χ0) is 13.9. The van der Waals surface area contributed by atoms with E-state index in [1.54, 1.807) is 0 Å². The van der Waals surface area contributed by atoms with Gasteiger partial charge in [-0.2, -0.15) is 0 Å². The van der Waals surface area contributed by atoms with E-state index in [1.165, 1.54) is 17.0 Å². The van der Waals surface area contributed by atoms with Crippen LogP contribution in [-0.4, -0.2) is 11.7 Å². The summed E-state index contributed by atoms with van der Waals surface area (Å²) < 4.78 is 1.07. The molecule has 2 aromatic carbocycles. The Balaban J connectivity index is 1.87. The van der Waals surface area contributed by atoms with Crippen molar-refractivity contribution in [2.24, 2.45) is 0 Å². The first kappa shape index (κ1) is 13.1. The number of benzene rings is 2. The summed E-state index contributed by atoms with van der Waals surface area (Å²) in [6.07, 6.45) is 0. The number of hydrogen-bond acceptors (Lipinski definition) is 3. The minimum atomic E-state index is 0.753. The minimum absolute atomic E-state index is 0.753. The van der Waals surface area contributed by atoms with Crippen molar-refractivity contribution >= 4 is 27.3 Å². The van der Waals surface area contributed by atoms with Crippen molar-refractivity contribution in [3.63, 3.8) is 0 Å². The molecule has 0 bridgehead atoms. The van der Waals surface area contributed by atoms with Gasteiger partial charge in [-0.1, -0.05) is 52.3 Å². The van der Waals surface area contributed by atoms with Gasteiger partial charge in [0.25, 0.3) is 0 Å². The Morgan fingerprint density at radius 3 is 2.65 bits per heavy atom. The fraction of sp³-hybridized carbons (Fsp3) is 0.125. The highest BCUT2D eigenvalue weighted by Crippen LogP contribution is 2.27. The molecule has 1 heterocycles. The van der Waals surface area contributed by atoms with Crippen LogP contribution in [0.1, 0.15) is 12.5 Å². The third-order valence-electron chi connectivity index (χ3n) is 3.26.